The van der Waals surface area contributed by atoms with Gasteiger partial charge < -0.3 is 25.0 Å². The lowest BCUT2D eigenvalue weighted by Gasteiger charge is -2.30. The molecule has 2 unspecified atom stereocenters. The number of carboxylic acid groups (broad SMARTS) is 1. The summed E-state index contributed by atoms with van der Waals surface area (Å²) in [7, 11) is 0. The minimum atomic E-state index is -1.85. The fraction of sp³-hybridized carbons (Fsp3) is 0.353. The molecule has 0 aliphatic carbocycles. The van der Waals surface area contributed by atoms with Crippen molar-refractivity contribution in [3.8, 4) is 0 Å². The zero-order chi connectivity index (χ0) is 16.4. The molecule has 3 N–H and O–H groups in total. The van der Waals surface area contributed by atoms with E-state index in [0.717, 1.165) is 29.5 Å². The van der Waals surface area contributed by atoms with Gasteiger partial charge in [-0.25, -0.2) is 4.79 Å². The van der Waals surface area contributed by atoms with Crippen molar-refractivity contribution in [1.82, 2.24) is 0 Å². The van der Waals surface area contributed by atoms with Crippen molar-refractivity contribution in [3.63, 3.8) is 0 Å². The van der Waals surface area contributed by atoms with E-state index >= 15 is 0 Å². The minimum Gasteiger partial charge on any atom is -0.479 e. The Kier molecular flexibility index (Phi) is 4.47. The predicted molar refractivity (Wildman–Crippen MR) is 85.6 cm³/mol. The maximum atomic E-state index is 10.9. The summed E-state index contributed by atoms with van der Waals surface area (Å²) in [6, 6.07) is 11.0. The molecule has 1 saturated heterocycles. The molecule has 0 amide bonds. The second kappa shape index (κ2) is 6.54. The topological polar surface area (TPSA) is 90.2 Å². The van der Waals surface area contributed by atoms with Crippen molar-refractivity contribution >= 4 is 22.4 Å². The summed E-state index contributed by atoms with van der Waals surface area (Å²) in [6.45, 7) is 2.89. The number of fused-ring (bicyclic) bond motifs is 1. The fourth-order valence-corrected chi connectivity index (χ4v) is 2.95. The number of benzene rings is 2. The Morgan fingerprint density at radius 2 is 1.70 bits per heavy atom. The van der Waals surface area contributed by atoms with Crippen LogP contribution in [0.15, 0.2) is 36.4 Å². The number of rotatable bonds is 4. The summed E-state index contributed by atoms with van der Waals surface area (Å²) < 4.78 is 5.37. The van der Waals surface area contributed by atoms with E-state index in [0.29, 0.717) is 18.8 Å². The van der Waals surface area contributed by atoms with E-state index in [-0.39, 0.29) is 0 Å². The van der Waals surface area contributed by atoms with Crippen molar-refractivity contribution in [2.45, 2.75) is 12.2 Å². The van der Waals surface area contributed by atoms with E-state index in [1.54, 1.807) is 6.07 Å². The van der Waals surface area contributed by atoms with Gasteiger partial charge in [0.2, 0.25) is 0 Å². The number of hydrogen-bond acceptors (Lipinski definition) is 5. The number of nitrogens with zero attached hydrogens (tertiary/aromatic N) is 1. The first-order valence-electron chi connectivity index (χ1n) is 7.53. The molecule has 1 aliphatic heterocycles. The average molecular weight is 317 g/mol. The van der Waals surface area contributed by atoms with Gasteiger partial charge in [-0.1, -0.05) is 30.3 Å². The van der Waals surface area contributed by atoms with Crippen LogP contribution >= 0.6 is 0 Å². The van der Waals surface area contributed by atoms with E-state index in [9.17, 15) is 15.0 Å². The van der Waals surface area contributed by atoms with Crippen LogP contribution < -0.4 is 4.90 Å². The molecule has 3 rings (SSSR count). The van der Waals surface area contributed by atoms with Gasteiger partial charge in [0.1, 0.15) is 6.10 Å². The Morgan fingerprint density at radius 1 is 1.04 bits per heavy atom. The molecule has 1 heterocycles. The zero-order valence-corrected chi connectivity index (χ0v) is 12.6. The van der Waals surface area contributed by atoms with Crippen LogP contribution in [0.25, 0.3) is 10.8 Å². The third kappa shape index (κ3) is 3.01. The molecule has 23 heavy (non-hydrogen) atoms. The summed E-state index contributed by atoms with van der Waals surface area (Å²) in [6.07, 6.45) is -3.33. The summed E-state index contributed by atoms with van der Waals surface area (Å²) >= 11 is 0. The van der Waals surface area contributed by atoms with Gasteiger partial charge in [0.15, 0.2) is 6.10 Å². The highest BCUT2D eigenvalue weighted by molar-refractivity contribution is 5.97. The number of aliphatic hydroxyl groups excluding tert-OH is 2. The minimum absolute atomic E-state index is 0.410. The van der Waals surface area contributed by atoms with Gasteiger partial charge in [0, 0.05) is 24.2 Å². The summed E-state index contributed by atoms with van der Waals surface area (Å²) in [5.74, 6) is -1.45. The lowest BCUT2D eigenvalue weighted by atomic mass is 9.96. The summed E-state index contributed by atoms with van der Waals surface area (Å²) in [5.41, 5.74) is 1.43. The Bertz CT molecular complexity index is 711. The Labute approximate surface area is 133 Å². The van der Waals surface area contributed by atoms with Crippen LogP contribution in [0.2, 0.25) is 0 Å². The molecule has 0 bridgehead atoms. The van der Waals surface area contributed by atoms with Gasteiger partial charge in [-0.05, 0) is 17.0 Å². The first kappa shape index (κ1) is 15.7. The number of anilines is 1. The highest BCUT2D eigenvalue weighted by Gasteiger charge is 2.27. The highest BCUT2D eigenvalue weighted by Crippen LogP contribution is 2.33. The first-order valence-corrected chi connectivity index (χ1v) is 7.53. The molecule has 1 fully saturated rings. The van der Waals surface area contributed by atoms with E-state index < -0.39 is 18.2 Å². The van der Waals surface area contributed by atoms with Crippen molar-refractivity contribution in [2.75, 3.05) is 31.2 Å². The average Bonchev–Trinajstić information content (AvgIpc) is 2.60. The molecule has 6 heteroatoms. The Morgan fingerprint density at radius 3 is 2.35 bits per heavy atom. The largest absolute Gasteiger partial charge is 0.479 e. The number of ether oxygens (including phenoxy) is 1. The molecular formula is C17H19NO5. The van der Waals surface area contributed by atoms with Crippen molar-refractivity contribution in [3.05, 3.63) is 42.0 Å². The maximum absolute atomic E-state index is 10.9. The molecule has 122 valence electrons. The zero-order valence-electron chi connectivity index (χ0n) is 12.6. The van der Waals surface area contributed by atoms with Crippen LogP contribution in [0, 0.1) is 0 Å². The van der Waals surface area contributed by atoms with Gasteiger partial charge in [0.25, 0.3) is 0 Å². The number of carbonyl (C=O) groups is 1. The molecule has 2 aromatic rings. The number of carboxylic acids is 1. The molecule has 6 nitrogen and oxygen atoms in total. The fourth-order valence-electron chi connectivity index (χ4n) is 2.95. The molecule has 0 aromatic heterocycles. The van der Waals surface area contributed by atoms with Gasteiger partial charge in [-0.3, -0.25) is 0 Å². The maximum Gasteiger partial charge on any atom is 0.335 e. The van der Waals surface area contributed by atoms with Crippen LogP contribution in [0.1, 0.15) is 11.7 Å². The predicted octanol–water partition coefficient (Wildman–Crippen LogP) is 1.16. The number of hydrogen-bond donors (Lipinski definition) is 3. The van der Waals surface area contributed by atoms with Crippen molar-refractivity contribution < 1.29 is 24.9 Å². The molecule has 2 atom stereocenters. The van der Waals surface area contributed by atoms with Crippen LogP contribution in [0.4, 0.5) is 5.69 Å². The Balaban J connectivity index is 2.07. The van der Waals surface area contributed by atoms with Crippen LogP contribution in [-0.4, -0.2) is 53.7 Å². The van der Waals surface area contributed by atoms with E-state index in [1.165, 1.54) is 0 Å². The molecule has 0 saturated carbocycles. The van der Waals surface area contributed by atoms with E-state index in [4.69, 9.17) is 9.84 Å². The normalized spacial score (nSPS) is 17.9. The second-order valence-electron chi connectivity index (χ2n) is 5.55. The van der Waals surface area contributed by atoms with Crippen LogP contribution in [0.3, 0.4) is 0 Å². The van der Waals surface area contributed by atoms with Crippen LogP contribution in [-0.2, 0) is 9.53 Å². The van der Waals surface area contributed by atoms with Crippen molar-refractivity contribution in [2.24, 2.45) is 0 Å². The second-order valence-corrected chi connectivity index (χ2v) is 5.55. The quantitative estimate of drug-likeness (QED) is 0.784. The van der Waals surface area contributed by atoms with Gasteiger partial charge in [-0.15, -0.1) is 0 Å². The molecule has 2 aromatic carbocycles. The van der Waals surface area contributed by atoms with Gasteiger partial charge >= 0.3 is 5.97 Å². The third-order valence-corrected chi connectivity index (χ3v) is 4.16. The number of morpholine rings is 1. The smallest absolute Gasteiger partial charge is 0.335 e. The van der Waals surface area contributed by atoms with Crippen LogP contribution in [0.5, 0.6) is 0 Å². The molecular weight excluding hydrogens is 298 g/mol. The monoisotopic (exact) mass is 317 g/mol. The van der Waals surface area contributed by atoms with E-state index in [2.05, 4.69) is 4.90 Å². The SMILES string of the molecule is O=C(O)C(O)C(O)c1ccc(N2CCOCC2)c2ccccc12. The molecule has 0 radical (unpaired) electrons. The lowest BCUT2D eigenvalue weighted by molar-refractivity contribution is -0.153. The van der Waals surface area contributed by atoms with Crippen molar-refractivity contribution in [1.29, 1.82) is 0 Å². The highest BCUT2D eigenvalue weighted by atomic mass is 16.5. The first-order chi connectivity index (χ1) is 11.1. The van der Waals surface area contributed by atoms with Gasteiger partial charge in [-0.2, -0.15) is 0 Å². The third-order valence-electron chi connectivity index (χ3n) is 4.16. The van der Waals surface area contributed by atoms with E-state index in [1.807, 2.05) is 30.3 Å². The molecule has 0 spiro atoms. The summed E-state index contributed by atoms with van der Waals surface area (Å²) in [4.78, 5) is 13.1. The molecule has 1 aliphatic rings. The van der Waals surface area contributed by atoms with Gasteiger partial charge in [0.05, 0.1) is 13.2 Å². The standard InChI is InChI=1S/C17H19NO5/c19-15(16(20)17(21)22)13-5-6-14(18-7-9-23-10-8-18)12-4-2-1-3-11(12)13/h1-6,15-16,19-20H,7-10H2,(H,21,22). The Hall–Kier alpha value is -2.15. The number of aliphatic carboxylic acids is 1. The summed E-state index contributed by atoms with van der Waals surface area (Å²) in [5, 5.41) is 30.4. The lowest BCUT2D eigenvalue weighted by Crippen LogP contribution is -2.36. The number of aliphatic hydroxyl groups is 2.